The topological polar surface area (TPSA) is 58.1 Å². The summed E-state index contributed by atoms with van der Waals surface area (Å²) in [5, 5.41) is 6.91. The third kappa shape index (κ3) is 6.36. The van der Waals surface area contributed by atoms with Crippen molar-refractivity contribution in [3.8, 4) is 0 Å². The van der Waals surface area contributed by atoms with E-state index in [9.17, 15) is 0 Å². The predicted molar refractivity (Wildman–Crippen MR) is 105 cm³/mol. The summed E-state index contributed by atoms with van der Waals surface area (Å²) in [6.45, 7) is 14.0. The van der Waals surface area contributed by atoms with Gasteiger partial charge in [-0.25, -0.2) is 0 Å². The molecule has 0 aromatic heterocycles. The first kappa shape index (κ1) is 20.9. The van der Waals surface area contributed by atoms with Crippen molar-refractivity contribution in [3.63, 3.8) is 0 Å². The van der Waals surface area contributed by atoms with E-state index >= 15 is 0 Å². The van der Waals surface area contributed by atoms with Crippen LogP contribution >= 0.6 is 24.0 Å². The summed E-state index contributed by atoms with van der Waals surface area (Å²) in [7, 11) is 1.83. The highest BCUT2D eigenvalue weighted by molar-refractivity contribution is 14.0. The molecule has 136 valence electrons. The van der Waals surface area contributed by atoms with Crippen molar-refractivity contribution in [1.29, 1.82) is 0 Å². The van der Waals surface area contributed by atoms with Gasteiger partial charge in [-0.3, -0.25) is 9.89 Å². The summed E-state index contributed by atoms with van der Waals surface area (Å²) in [5.74, 6) is 1.48. The molecule has 2 N–H and O–H groups in total. The van der Waals surface area contributed by atoms with Crippen molar-refractivity contribution in [3.05, 3.63) is 0 Å². The SMILES string of the molecule is CN=C(NCC(C(C)C)N1CCOCC1)NCC1(C)COC1.I. The van der Waals surface area contributed by atoms with E-state index < -0.39 is 0 Å². The molecule has 6 nitrogen and oxygen atoms in total. The monoisotopic (exact) mass is 440 g/mol. The average Bonchev–Trinajstić information content (AvgIpc) is 2.49. The van der Waals surface area contributed by atoms with Gasteiger partial charge in [-0.2, -0.15) is 0 Å². The van der Waals surface area contributed by atoms with Gasteiger partial charge in [-0.1, -0.05) is 20.8 Å². The number of nitrogens with one attached hydrogen (secondary N) is 2. The smallest absolute Gasteiger partial charge is 0.191 e. The van der Waals surface area contributed by atoms with Gasteiger partial charge < -0.3 is 20.1 Å². The van der Waals surface area contributed by atoms with Crippen molar-refractivity contribution in [2.45, 2.75) is 26.8 Å². The van der Waals surface area contributed by atoms with Crippen molar-refractivity contribution in [2.24, 2.45) is 16.3 Å². The molecule has 0 radical (unpaired) electrons. The Morgan fingerprint density at radius 1 is 1.17 bits per heavy atom. The molecule has 0 aromatic carbocycles. The number of aliphatic imine (C=N–C) groups is 1. The highest BCUT2D eigenvalue weighted by Gasteiger charge is 2.33. The molecule has 0 bridgehead atoms. The number of rotatable bonds is 6. The number of halogens is 1. The lowest BCUT2D eigenvalue weighted by Crippen LogP contribution is -2.54. The predicted octanol–water partition coefficient (Wildman–Crippen LogP) is 1.16. The van der Waals surface area contributed by atoms with Gasteiger partial charge in [0.2, 0.25) is 0 Å². The Labute approximate surface area is 157 Å². The van der Waals surface area contributed by atoms with Crippen LogP contribution < -0.4 is 10.6 Å². The number of guanidine groups is 1. The molecule has 0 aromatic rings. The lowest BCUT2D eigenvalue weighted by molar-refractivity contribution is -0.0971. The molecule has 2 saturated heterocycles. The molecule has 23 heavy (non-hydrogen) atoms. The Morgan fingerprint density at radius 3 is 2.30 bits per heavy atom. The third-order valence-electron chi connectivity index (χ3n) is 4.57. The summed E-state index contributed by atoms with van der Waals surface area (Å²) in [4.78, 5) is 6.86. The van der Waals surface area contributed by atoms with Crippen molar-refractivity contribution < 1.29 is 9.47 Å². The second-order valence-corrected chi connectivity index (χ2v) is 7.07. The number of morpholine rings is 1. The van der Waals surface area contributed by atoms with E-state index in [1.54, 1.807) is 0 Å². The fraction of sp³-hybridized carbons (Fsp3) is 0.938. The summed E-state index contributed by atoms with van der Waals surface area (Å²) < 4.78 is 10.8. The molecule has 2 aliphatic heterocycles. The van der Waals surface area contributed by atoms with Crippen LogP contribution in [-0.4, -0.2) is 76.6 Å². The molecule has 2 rings (SSSR count). The average molecular weight is 440 g/mol. The van der Waals surface area contributed by atoms with Gasteiger partial charge >= 0.3 is 0 Å². The van der Waals surface area contributed by atoms with Crippen LogP contribution in [-0.2, 0) is 9.47 Å². The maximum atomic E-state index is 5.46. The Morgan fingerprint density at radius 2 is 1.83 bits per heavy atom. The van der Waals surface area contributed by atoms with Crippen LogP contribution in [0.25, 0.3) is 0 Å². The zero-order valence-electron chi connectivity index (χ0n) is 14.9. The van der Waals surface area contributed by atoms with Crippen LogP contribution in [0.1, 0.15) is 20.8 Å². The van der Waals surface area contributed by atoms with Crippen LogP contribution in [0.2, 0.25) is 0 Å². The molecule has 1 atom stereocenters. The van der Waals surface area contributed by atoms with Gasteiger partial charge in [-0.15, -0.1) is 24.0 Å². The fourth-order valence-electron chi connectivity index (χ4n) is 2.97. The third-order valence-corrected chi connectivity index (χ3v) is 4.57. The molecule has 7 heteroatoms. The number of hydrogen-bond acceptors (Lipinski definition) is 4. The zero-order chi connectivity index (χ0) is 16.0. The van der Waals surface area contributed by atoms with Crippen molar-refractivity contribution in [2.75, 3.05) is 59.7 Å². The molecule has 2 fully saturated rings. The molecule has 0 amide bonds. The second-order valence-electron chi connectivity index (χ2n) is 7.07. The first-order chi connectivity index (χ1) is 10.5. The van der Waals surface area contributed by atoms with Crippen molar-refractivity contribution >= 4 is 29.9 Å². The van der Waals surface area contributed by atoms with Gasteiger partial charge in [-0.05, 0) is 5.92 Å². The number of nitrogens with zero attached hydrogens (tertiary/aromatic N) is 2. The molecule has 2 aliphatic rings. The minimum Gasteiger partial charge on any atom is -0.380 e. The minimum absolute atomic E-state index is 0. The number of ether oxygens (including phenoxy) is 2. The lowest BCUT2D eigenvalue weighted by atomic mass is 9.89. The Balaban J connectivity index is 0.00000264. The van der Waals surface area contributed by atoms with E-state index in [1.807, 2.05) is 7.05 Å². The van der Waals surface area contributed by atoms with Crippen LogP contribution in [0.3, 0.4) is 0 Å². The van der Waals surface area contributed by atoms with Crippen LogP contribution in [0.5, 0.6) is 0 Å². The lowest BCUT2D eigenvalue weighted by Gasteiger charge is -2.39. The first-order valence-electron chi connectivity index (χ1n) is 8.38. The van der Waals surface area contributed by atoms with Crippen LogP contribution in [0.15, 0.2) is 4.99 Å². The zero-order valence-corrected chi connectivity index (χ0v) is 17.3. The molecule has 0 spiro atoms. The maximum absolute atomic E-state index is 5.46. The first-order valence-corrected chi connectivity index (χ1v) is 8.38. The highest BCUT2D eigenvalue weighted by atomic mass is 127. The van der Waals surface area contributed by atoms with Gasteiger partial charge in [0.15, 0.2) is 5.96 Å². The summed E-state index contributed by atoms with van der Waals surface area (Å²) >= 11 is 0. The van der Waals surface area contributed by atoms with E-state index in [0.29, 0.717) is 12.0 Å². The molecular formula is C16H33IN4O2. The normalized spacial score (nSPS) is 22.9. The minimum atomic E-state index is 0. The van der Waals surface area contributed by atoms with Crippen LogP contribution in [0, 0.1) is 11.3 Å². The summed E-state index contributed by atoms with van der Waals surface area (Å²) in [6.07, 6.45) is 0. The van der Waals surface area contributed by atoms with Gasteiger partial charge in [0.25, 0.3) is 0 Å². The largest absolute Gasteiger partial charge is 0.380 e. The maximum Gasteiger partial charge on any atom is 0.191 e. The standard InChI is InChI=1S/C16H32N4O2.HI/c1-13(2)14(20-5-7-21-8-6-20)9-18-15(17-4)19-10-16(3)11-22-12-16;/h13-14H,5-12H2,1-4H3,(H2,17,18,19);1H. The van der Waals surface area contributed by atoms with Crippen molar-refractivity contribution in [1.82, 2.24) is 15.5 Å². The Hall–Kier alpha value is -0.120. The van der Waals surface area contributed by atoms with Gasteiger partial charge in [0.05, 0.1) is 26.4 Å². The van der Waals surface area contributed by atoms with E-state index in [0.717, 1.165) is 58.6 Å². The second kappa shape index (κ2) is 10.0. The van der Waals surface area contributed by atoms with Gasteiger partial charge in [0, 0.05) is 44.7 Å². The Kier molecular flexibility index (Phi) is 9.10. The molecule has 2 heterocycles. The van der Waals surface area contributed by atoms with E-state index in [1.165, 1.54) is 0 Å². The molecular weight excluding hydrogens is 407 g/mol. The van der Waals surface area contributed by atoms with Gasteiger partial charge in [0.1, 0.15) is 0 Å². The highest BCUT2D eigenvalue weighted by Crippen LogP contribution is 2.24. The number of hydrogen-bond donors (Lipinski definition) is 2. The summed E-state index contributed by atoms with van der Waals surface area (Å²) in [6, 6.07) is 0.505. The van der Waals surface area contributed by atoms with E-state index in [4.69, 9.17) is 9.47 Å². The summed E-state index contributed by atoms with van der Waals surface area (Å²) in [5.41, 5.74) is 0.249. The quantitative estimate of drug-likeness (QED) is 0.369. The molecule has 0 aliphatic carbocycles. The van der Waals surface area contributed by atoms with E-state index in [-0.39, 0.29) is 29.4 Å². The molecule has 1 unspecified atom stereocenters. The van der Waals surface area contributed by atoms with E-state index in [2.05, 4.69) is 41.3 Å². The van der Waals surface area contributed by atoms with Crippen LogP contribution in [0.4, 0.5) is 0 Å². The Bertz CT molecular complexity index is 369. The molecule has 0 saturated carbocycles. The fourth-order valence-corrected chi connectivity index (χ4v) is 2.97.